The monoisotopic (exact) mass is 575 g/mol. The van der Waals surface area contributed by atoms with Crippen molar-refractivity contribution in [2.24, 2.45) is 5.92 Å². The van der Waals surface area contributed by atoms with Gasteiger partial charge in [-0.15, -0.1) is 0 Å². The molecule has 0 saturated heterocycles. The lowest BCUT2D eigenvalue weighted by atomic mass is 10.0. The average molecular weight is 575 g/mol. The fourth-order valence-electron chi connectivity index (χ4n) is 5.29. The molecule has 4 nitrogen and oxygen atoms in total. The molecule has 0 aromatic carbocycles. The SMILES string of the molecule is CCCCCCCCCCCCCCCCOP(=O)(O)OCCCCCCCCCCCCCCCC(C)C. The Kier molecular flexibility index (Phi) is 31.1. The van der Waals surface area contributed by atoms with Crippen molar-refractivity contribution < 1.29 is 18.5 Å². The second kappa shape index (κ2) is 31.1. The maximum absolute atomic E-state index is 12.0. The molecular formula is C34H71O4P. The first kappa shape index (κ1) is 39.1. The Balaban J connectivity index is 3.28. The van der Waals surface area contributed by atoms with Crippen LogP contribution in [0.15, 0.2) is 0 Å². The number of hydrogen-bond acceptors (Lipinski definition) is 3. The molecule has 39 heavy (non-hydrogen) atoms. The minimum Gasteiger partial charge on any atom is -0.302 e. The second-order valence-electron chi connectivity index (χ2n) is 12.5. The molecule has 1 atom stereocenters. The third-order valence-electron chi connectivity index (χ3n) is 7.93. The van der Waals surface area contributed by atoms with Crippen LogP contribution in [0.4, 0.5) is 0 Å². The van der Waals surface area contributed by atoms with Gasteiger partial charge in [0.2, 0.25) is 0 Å². The standard InChI is InChI=1S/C34H71O4P/c1-4-5-6-7-8-9-10-11-14-17-20-23-26-29-32-37-39(35,36)38-33-30-27-24-21-18-15-12-13-16-19-22-25-28-31-34(2)3/h34H,4-33H2,1-3H3,(H,35,36). The molecule has 0 aliphatic carbocycles. The van der Waals surface area contributed by atoms with Gasteiger partial charge in [0.1, 0.15) is 0 Å². The van der Waals surface area contributed by atoms with Gasteiger partial charge in [0.15, 0.2) is 0 Å². The van der Waals surface area contributed by atoms with Crippen molar-refractivity contribution in [1.82, 2.24) is 0 Å². The molecule has 0 heterocycles. The van der Waals surface area contributed by atoms with Gasteiger partial charge in [0.25, 0.3) is 0 Å². The third kappa shape index (κ3) is 34.2. The first-order valence-electron chi connectivity index (χ1n) is 17.6. The summed E-state index contributed by atoms with van der Waals surface area (Å²) in [6.45, 7) is 7.56. The van der Waals surface area contributed by atoms with E-state index in [9.17, 15) is 9.46 Å². The van der Waals surface area contributed by atoms with Gasteiger partial charge in [-0.25, -0.2) is 4.57 Å². The van der Waals surface area contributed by atoms with Crippen LogP contribution in [-0.4, -0.2) is 18.1 Å². The van der Waals surface area contributed by atoms with Crippen molar-refractivity contribution in [3.05, 3.63) is 0 Å². The molecule has 0 radical (unpaired) electrons. The summed E-state index contributed by atoms with van der Waals surface area (Å²) in [5.41, 5.74) is 0. The summed E-state index contributed by atoms with van der Waals surface area (Å²) >= 11 is 0. The van der Waals surface area contributed by atoms with E-state index in [1.807, 2.05) is 0 Å². The van der Waals surface area contributed by atoms with Crippen LogP contribution in [-0.2, 0) is 13.6 Å². The number of rotatable bonds is 33. The van der Waals surface area contributed by atoms with Gasteiger partial charge in [-0.3, -0.25) is 9.05 Å². The van der Waals surface area contributed by atoms with Gasteiger partial charge in [0, 0.05) is 0 Å². The highest BCUT2D eigenvalue weighted by molar-refractivity contribution is 7.47. The highest BCUT2D eigenvalue weighted by Gasteiger charge is 2.19. The molecule has 0 aliphatic rings. The van der Waals surface area contributed by atoms with Crippen molar-refractivity contribution in [1.29, 1.82) is 0 Å². The fraction of sp³-hybridized carbons (Fsp3) is 1.00. The van der Waals surface area contributed by atoms with Crippen molar-refractivity contribution in [2.75, 3.05) is 13.2 Å². The lowest BCUT2D eigenvalue weighted by Gasteiger charge is -2.12. The maximum Gasteiger partial charge on any atom is 0.472 e. The third-order valence-corrected chi connectivity index (χ3v) is 8.95. The zero-order chi connectivity index (χ0) is 28.7. The lowest BCUT2D eigenvalue weighted by molar-refractivity contribution is 0.145. The van der Waals surface area contributed by atoms with E-state index >= 15 is 0 Å². The zero-order valence-corrected chi connectivity index (χ0v) is 27.8. The van der Waals surface area contributed by atoms with Crippen LogP contribution >= 0.6 is 7.82 Å². The van der Waals surface area contributed by atoms with Crippen LogP contribution in [0.1, 0.15) is 201 Å². The summed E-state index contributed by atoms with van der Waals surface area (Å²) in [5.74, 6) is 0.858. The van der Waals surface area contributed by atoms with E-state index in [1.165, 1.54) is 154 Å². The summed E-state index contributed by atoms with van der Waals surface area (Å²) < 4.78 is 22.3. The van der Waals surface area contributed by atoms with E-state index in [-0.39, 0.29) is 0 Å². The van der Waals surface area contributed by atoms with Crippen LogP contribution in [0.5, 0.6) is 0 Å². The molecule has 0 aromatic heterocycles. The molecule has 0 fully saturated rings. The maximum atomic E-state index is 12.0. The first-order valence-corrected chi connectivity index (χ1v) is 19.1. The van der Waals surface area contributed by atoms with E-state index in [2.05, 4.69) is 20.8 Å². The normalized spacial score (nSPS) is 13.4. The van der Waals surface area contributed by atoms with Crippen LogP contribution in [0.3, 0.4) is 0 Å². The van der Waals surface area contributed by atoms with E-state index < -0.39 is 7.82 Å². The predicted octanol–water partition coefficient (Wildman–Crippen LogP) is 12.7. The van der Waals surface area contributed by atoms with Crippen LogP contribution in [0.2, 0.25) is 0 Å². The molecule has 1 N–H and O–H groups in total. The topological polar surface area (TPSA) is 55.8 Å². The number of unbranched alkanes of at least 4 members (excludes halogenated alkanes) is 25. The molecule has 0 rings (SSSR count). The molecule has 0 bridgehead atoms. The molecule has 0 amide bonds. The van der Waals surface area contributed by atoms with Gasteiger partial charge in [-0.2, -0.15) is 0 Å². The van der Waals surface area contributed by atoms with Crippen LogP contribution < -0.4 is 0 Å². The van der Waals surface area contributed by atoms with E-state index in [1.54, 1.807) is 0 Å². The summed E-state index contributed by atoms with van der Waals surface area (Å²) in [7, 11) is -3.87. The highest BCUT2D eigenvalue weighted by Crippen LogP contribution is 2.43. The van der Waals surface area contributed by atoms with Crippen molar-refractivity contribution in [2.45, 2.75) is 201 Å². The minimum atomic E-state index is -3.87. The Bertz CT molecular complexity index is 511. The molecule has 0 spiro atoms. The fourth-order valence-corrected chi connectivity index (χ4v) is 6.09. The van der Waals surface area contributed by atoms with Crippen molar-refractivity contribution in [3.63, 3.8) is 0 Å². The quantitative estimate of drug-likeness (QED) is 0.0625. The molecule has 0 saturated carbocycles. The average Bonchev–Trinajstić information content (AvgIpc) is 2.90. The Morgan fingerprint density at radius 3 is 1.00 bits per heavy atom. The summed E-state index contributed by atoms with van der Waals surface area (Å²) in [5, 5.41) is 0. The Labute approximate surface area is 245 Å². The van der Waals surface area contributed by atoms with Crippen LogP contribution in [0.25, 0.3) is 0 Å². The molecule has 5 heteroatoms. The van der Waals surface area contributed by atoms with Gasteiger partial charge >= 0.3 is 7.82 Å². The molecule has 0 aliphatic heterocycles. The number of hydrogen-bond donors (Lipinski definition) is 1. The minimum absolute atomic E-state index is 0.323. The van der Waals surface area contributed by atoms with E-state index in [4.69, 9.17) is 9.05 Å². The predicted molar refractivity (Wildman–Crippen MR) is 172 cm³/mol. The summed E-state index contributed by atoms with van der Waals surface area (Å²) in [6, 6.07) is 0. The van der Waals surface area contributed by atoms with E-state index in [0.29, 0.717) is 13.2 Å². The molecule has 1 unspecified atom stereocenters. The van der Waals surface area contributed by atoms with Gasteiger partial charge in [0.05, 0.1) is 13.2 Å². The summed E-state index contributed by atoms with van der Waals surface area (Å²) in [4.78, 5) is 9.86. The lowest BCUT2D eigenvalue weighted by Crippen LogP contribution is -1.99. The van der Waals surface area contributed by atoms with E-state index in [0.717, 1.165) is 31.6 Å². The first-order chi connectivity index (χ1) is 19.0. The molecule has 236 valence electrons. The Morgan fingerprint density at radius 2 is 0.718 bits per heavy atom. The number of phosphoric acid groups is 1. The largest absolute Gasteiger partial charge is 0.472 e. The smallest absolute Gasteiger partial charge is 0.302 e. The Morgan fingerprint density at radius 1 is 0.462 bits per heavy atom. The highest BCUT2D eigenvalue weighted by atomic mass is 31.2. The van der Waals surface area contributed by atoms with Crippen molar-refractivity contribution in [3.8, 4) is 0 Å². The van der Waals surface area contributed by atoms with Crippen LogP contribution in [0, 0.1) is 5.92 Å². The van der Waals surface area contributed by atoms with Crippen molar-refractivity contribution >= 4 is 7.82 Å². The zero-order valence-electron chi connectivity index (χ0n) is 26.9. The molecular weight excluding hydrogens is 503 g/mol. The Hall–Kier alpha value is 0.110. The second-order valence-corrected chi connectivity index (χ2v) is 14.0. The van der Waals surface area contributed by atoms with Gasteiger partial charge in [-0.1, -0.05) is 188 Å². The van der Waals surface area contributed by atoms with Gasteiger partial charge < -0.3 is 4.89 Å². The van der Waals surface area contributed by atoms with Gasteiger partial charge in [-0.05, 0) is 18.8 Å². The molecule has 0 aromatic rings. The summed E-state index contributed by atoms with van der Waals surface area (Å²) in [6.07, 6.45) is 36.4. The number of phosphoric ester groups is 1.